The van der Waals surface area contributed by atoms with Crippen molar-refractivity contribution in [2.75, 3.05) is 16.4 Å². The summed E-state index contributed by atoms with van der Waals surface area (Å²) in [6.45, 7) is 2.44. The number of aryl methyl sites for hydroxylation is 1. The molecule has 0 N–H and O–H groups in total. The van der Waals surface area contributed by atoms with Crippen molar-refractivity contribution in [3.8, 4) is 0 Å². The molecule has 0 bridgehead atoms. The number of amides is 2. The highest BCUT2D eigenvalue weighted by Gasteiger charge is 2.53. The topological polar surface area (TPSA) is 57.7 Å². The summed E-state index contributed by atoms with van der Waals surface area (Å²) in [5.74, 6) is 0.0706. The summed E-state index contributed by atoms with van der Waals surface area (Å²) in [6, 6.07) is 16.6. The van der Waals surface area contributed by atoms with Crippen LogP contribution >= 0.6 is 0 Å². The quantitative estimate of drug-likeness (QED) is 0.795. The van der Waals surface area contributed by atoms with Gasteiger partial charge in [-0.1, -0.05) is 48.0 Å². The fraction of sp³-hybridized carbons (Fsp3) is 0.316. The van der Waals surface area contributed by atoms with E-state index in [4.69, 9.17) is 0 Å². The molecule has 5 nitrogen and oxygen atoms in total. The Morgan fingerprint density at radius 3 is 2.44 bits per heavy atom. The minimum atomic E-state index is -3.14. The monoisotopic (exact) mass is 356 g/mol. The molecule has 2 atom stereocenters. The fourth-order valence-corrected chi connectivity index (χ4v) is 5.81. The molecule has 2 aliphatic heterocycles. The molecule has 2 saturated heterocycles. The van der Waals surface area contributed by atoms with Gasteiger partial charge < -0.3 is 4.90 Å². The Kier molecular flexibility index (Phi) is 3.80. The number of carbonyl (C=O) groups is 1. The zero-order valence-corrected chi connectivity index (χ0v) is 14.8. The van der Waals surface area contributed by atoms with Gasteiger partial charge in [0.15, 0.2) is 9.84 Å². The molecule has 2 heterocycles. The van der Waals surface area contributed by atoms with E-state index in [-0.39, 0.29) is 29.6 Å². The molecule has 0 aliphatic carbocycles. The molecule has 2 amide bonds. The Bertz CT molecular complexity index is 911. The van der Waals surface area contributed by atoms with Crippen LogP contribution in [0.25, 0.3) is 0 Å². The van der Waals surface area contributed by atoms with Crippen molar-refractivity contribution in [3.05, 3.63) is 65.7 Å². The Morgan fingerprint density at radius 1 is 1.00 bits per heavy atom. The molecule has 0 spiro atoms. The predicted octanol–water partition coefficient (Wildman–Crippen LogP) is 2.60. The van der Waals surface area contributed by atoms with Crippen molar-refractivity contribution in [2.24, 2.45) is 0 Å². The highest BCUT2D eigenvalue weighted by atomic mass is 32.2. The van der Waals surface area contributed by atoms with Crippen molar-refractivity contribution in [3.63, 3.8) is 0 Å². The highest BCUT2D eigenvalue weighted by molar-refractivity contribution is 7.91. The summed E-state index contributed by atoms with van der Waals surface area (Å²) in [5.41, 5.74) is 2.90. The molecule has 0 aromatic heterocycles. The maximum absolute atomic E-state index is 13.1. The van der Waals surface area contributed by atoms with E-state index in [2.05, 4.69) is 0 Å². The largest absolute Gasteiger partial charge is 0.325 e. The first-order chi connectivity index (χ1) is 11.9. The highest BCUT2D eigenvalue weighted by Crippen LogP contribution is 2.35. The molecular weight excluding hydrogens is 336 g/mol. The standard InChI is InChI=1S/C19H20N2O3S/c1-14-6-5-7-15(10-14)11-20-17-12-25(23,24)13-18(17)21(19(20)22)16-8-3-2-4-9-16/h2-10,17-18H,11-13H2,1H3/t17-,18+/m1/s1. The number of fused-ring (bicyclic) bond motifs is 1. The van der Waals surface area contributed by atoms with Crippen molar-refractivity contribution >= 4 is 21.6 Å². The lowest BCUT2D eigenvalue weighted by Crippen LogP contribution is -2.37. The lowest BCUT2D eigenvalue weighted by molar-refractivity contribution is 0.206. The first-order valence-corrected chi connectivity index (χ1v) is 10.2. The summed E-state index contributed by atoms with van der Waals surface area (Å²) >= 11 is 0. The molecule has 25 heavy (non-hydrogen) atoms. The third kappa shape index (κ3) is 2.91. The van der Waals surface area contributed by atoms with E-state index in [0.717, 1.165) is 16.8 Å². The van der Waals surface area contributed by atoms with Gasteiger partial charge in [-0.2, -0.15) is 0 Å². The van der Waals surface area contributed by atoms with E-state index in [1.54, 1.807) is 9.80 Å². The Morgan fingerprint density at radius 2 is 1.72 bits per heavy atom. The zero-order valence-electron chi connectivity index (χ0n) is 14.0. The van der Waals surface area contributed by atoms with E-state index in [9.17, 15) is 13.2 Å². The number of nitrogens with zero attached hydrogens (tertiary/aromatic N) is 2. The number of carbonyl (C=O) groups excluding carboxylic acids is 1. The lowest BCUT2D eigenvalue weighted by atomic mass is 10.1. The first kappa shape index (κ1) is 16.1. The van der Waals surface area contributed by atoms with Gasteiger partial charge in [0.2, 0.25) is 0 Å². The number of hydrogen-bond donors (Lipinski definition) is 0. The Balaban J connectivity index is 1.71. The van der Waals surface area contributed by atoms with E-state index >= 15 is 0 Å². The number of para-hydroxylation sites is 1. The van der Waals surface area contributed by atoms with E-state index in [1.165, 1.54) is 0 Å². The summed E-state index contributed by atoms with van der Waals surface area (Å²) < 4.78 is 24.4. The van der Waals surface area contributed by atoms with Gasteiger partial charge in [-0.25, -0.2) is 13.2 Å². The van der Waals surface area contributed by atoms with Crippen LogP contribution in [0, 0.1) is 6.92 Å². The molecule has 2 fully saturated rings. The molecule has 130 valence electrons. The minimum absolute atomic E-state index is 0.0304. The van der Waals surface area contributed by atoms with Crippen LogP contribution in [0.2, 0.25) is 0 Å². The smallest absolute Gasteiger partial charge is 0.314 e. The molecule has 0 radical (unpaired) electrons. The van der Waals surface area contributed by atoms with Crippen LogP contribution in [0.3, 0.4) is 0 Å². The Labute approximate surface area is 147 Å². The molecule has 2 aliphatic rings. The first-order valence-electron chi connectivity index (χ1n) is 8.35. The van der Waals surface area contributed by atoms with Crippen LogP contribution in [0.5, 0.6) is 0 Å². The minimum Gasteiger partial charge on any atom is -0.314 e. The second-order valence-electron chi connectivity index (χ2n) is 6.82. The number of anilines is 1. The van der Waals surface area contributed by atoms with E-state index in [1.807, 2.05) is 61.5 Å². The van der Waals surface area contributed by atoms with Gasteiger partial charge in [0.25, 0.3) is 0 Å². The van der Waals surface area contributed by atoms with Crippen molar-refractivity contribution in [1.29, 1.82) is 0 Å². The van der Waals surface area contributed by atoms with Crippen molar-refractivity contribution in [1.82, 2.24) is 4.90 Å². The molecule has 0 unspecified atom stereocenters. The average Bonchev–Trinajstić information content (AvgIpc) is 3.00. The molecular formula is C19H20N2O3S. The number of rotatable bonds is 3. The van der Waals surface area contributed by atoms with Gasteiger partial charge in [0, 0.05) is 12.2 Å². The van der Waals surface area contributed by atoms with Crippen LogP contribution in [-0.2, 0) is 16.4 Å². The maximum Gasteiger partial charge on any atom is 0.325 e. The molecule has 0 saturated carbocycles. The van der Waals surface area contributed by atoms with Gasteiger partial charge in [0.1, 0.15) is 0 Å². The summed E-state index contributed by atoms with van der Waals surface area (Å²) in [7, 11) is -3.14. The van der Waals surface area contributed by atoms with Crippen molar-refractivity contribution in [2.45, 2.75) is 25.6 Å². The summed E-state index contributed by atoms with van der Waals surface area (Å²) in [5, 5.41) is 0. The lowest BCUT2D eigenvalue weighted by Gasteiger charge is -2.22. The second-order valence-corrected chi connectivity index (χ2v) is 8.97. The second kappa shape index (κ2) is 5.88. The zero-order chi connectivity index (χ0) is 17.6. The van der Waals surface area contributed by atoms with E-state index in [0.29, 0.717) is 6.54 Å². The number of urea groups is 1. The molecule has 2 aromatic rings. The Hall–Kier alpha value is -2.34. The molecule has 2 aromatic carbocycles. The average molecular weight is 356 g/mol. The van der Waals surface area contributed by atoms with Crippen LogP contribution in [0.15, 0.2) is 54.6 Å². The van der Waals surface area contributed by atoms with Crippen molar-refractivity contribution < 1.29 is 13.2 Å². The van der Waals surface area contributed by atoms with Gasteiger partial charge in [0.05, 0.1) is 23.6 Å². The van der Waals surface area contributed by atoms with Crippen LogP contribution in [-0.4, -0.2) is 42.9 Å². The van der Waals surface area contributed by atoms with Gasteiger partial charge in [-0.05, 0) is 24.6 Å². The number of sulfone groups is 1. The third-order valence-corrected chi connectivity index (χ3v) is 6.65. The van der Waals surface area contributed by atoms with Crippen LogP contribution in [0.1, 0.15) is 11.1 Å². The SMILES string of the molecule is Cc1cccc(CN2C(=O)N(c3ccccc3)[C@H]3CS(=O)(=O)C[C@H]32)c1. The summed E-state index contributed by atoms with van der Waals surface area (Å²) in [4.78, 5) is 16.5. The van der Waals surface area contributed by atoms with Gasteiger partial charge in [-0.3, -0.25) is 4.90 Å². The maximum atomic E-state index is 13.1. The molecule has 6 heteroatoms. The summed E-state index contributed by atoms with van der Waals surface area (Å²) in [6.07, 6.45) is 0. The number of hydrogen-bond acceptors (Lipinski definition) is 3. The van der Waals surface area contributed by atoms with E-state index < -0.39 is 9.84 Å². The number of benzene rings is 2. The fourth-order valence-electron chi connectivity index (χ4n) is 3.86. The third-order valence-electron chi connectivity index (χ3n) is 4.95. The van der Waals surface area contributed by atoms with Crippen LogP contribution < -0.4 is 4.90 Å². The van der Waals surface area contributed by atoms with Gasteiger partial charge >= 0.3 is 6.03 Å². The normalized spacial score (nSPS) is 24.6. The molecule has 4 rings (SSSR count). The van der Waals surface area contributed by atoms with Gasteiger partial charge in [-0.15, -0.1) is 0 Å². The predicted molar refractivity (Wildman–Crippen MR) is 97.3 cm³/mol. The van der Waals surface area contributed by atoms with Crippen LogP contribution in [0.4, 0.5) is 10.5 Å².